The molecule has 0 bridgehead atoms. The maximum Gasteiger partial charge on any atom is 0.0621 e. The molecule has 3 nitrogen and oxygen atoms in total. The Balaban J connectivity index is 0.000000189. The van der Waals surface area contributed by atoms with Gasteiger partial charge in [-0.1, -0.05) is 32.4 Å². The number of rotatable bonds is 1. The van der Waals surface area contributed by atoms with Gasteiger partial charge in [-0.25, -0.2) is 0 Å². The van der Waals surface area contributed by atoms with Crippen molar-refractivity contribution in [2.75, 3.05) is 0 Å². The van der Waals surface area contributed by atoms with Crippen molar-refractivity contribution in [3.05, 3.63) is 54.7 Å². The molecule has 0 aliphatic heterocycles. The minimum absolute atomic E-state index is 0. The summed E-state index contributed by atoms with van der Waals surface area (Å²) in [6.07, 6.45) is 5.89. The van der Waals surface area contributed by atoms with Crippen LogP contribution < -0.4 is 0 Å². The molecule has 1 radical (unpaired) electrons. The first kappa shape index (κ1) is 22.2. The molecule has 2 saturated carbocycles. The average molecular weight is 545 g/mol. The molecule has 2 N–H and O–H groups in total. The Bertz CT molecular complexity index is 627. The molecule has 4 unspecified atom stereocenters. The molecule has 4 heteroatoms. The smallest absolute Gasteiger partial charge is 0.0621 e. The fourth-order valence-corrected chi connectivity index (χ4v) is 4.55. The zero-order chi connectivity index (χ0) is 18.5. The predicted molar refractivity (Wildman–Crippen MR) is 104 cm³/mol. The van der Waals surface area contributed by atoms with Gasteiger partial charge >= 0.3 is 0 Å². The van der Waals surface area contributed by atoms with Gasteiger partial charge in [-0.2, -0.15) is 0 Å². The zero-order valence-electron chi connectivity index (χ0n) is 16.1. The van der Waals surface area contributed by atoms with Crippen molar-refractivity contribution >= 4 is 0 Å². The van der Waals surface area contributed by atoms with Gasteiger partial charge in [0.25, 0.3) is 0 Å². The second-order valence-electron chi connectivity index (χ2n) is 7.93. The molecule has 4 rings (SSSR count). The molecule has 0 spiro atoms. The first-order chi connectivity index (χ1) is 12.6. The Morgan fingerprint density at radius 2 is 1.70 bits per heavy atom. The average Bonchev–Trinajstić information content (AvgIpc) is 2.88. The molecule has 1 heterocycles. The fourth-order valence-electron chi connectivity index (χ4n) is 4.55. The van der Waals surface area contributed by atoms with Gasteiger partial charge in [0, 0.05) is 32.2 Å². The van der Waals surface area contributed by atoms with Gasteiger partial charge in [-0.05, 0) is 48.8 Å². The molecule has 1 aromatic carbocycles. The number of aliphatic hydroxyl groups is 2. The van der Waals surface area contributed by atoms with Crippen LogP contribution in [0.5, 0.6) is 0 Å². The van der Waals surface area contributed by atoms with Crippen LogP contribution in [-0.4, -0.2) is 27.4 Å². The minimum Gasteiger partial charge on any atom is -0.392 e. The van der Waals surface area contributed by atoms with Crippen LogP contribution in [0.1, 0.15) is 39.5 Å². The van der Waals surface area contributed by atoms with E-state index in [9.17, 15) is 10.2 Å². The van der Waals surface area contributed by atoms with Crippen molar-refractivity contribution in [1.29, 1.82) is 0 Å². The van der Waals surface area contributed by atoms with Gasteiger partial charge in [0.2, 0.25) is 0 Å². The normalized spacial score (nSPS) is 32.3. The van der Waals surface area contributed by atoms with Crippen LogP contribution in [0.2, 0.25) is 0 Å². The predicted octanol–water partition coefficient (Wildman–Crippen LogP) is 4.35. The molecule has 149 valence electrons. The number of fused-ring (bicyclic) bond motifs is 1. The Morgan fingerprint density at radius 3 is 2.37 bits per heavy atom. The van der Waals surface area contributed by atoms with Crippen molar-refractivity contribution in [1.82, 2.24) is 4.98 Å². The first-order valence-corrected chi connectivity index (χ1v) is 9.82. The number of pyridine rings is 1. The van der Waals surface area contributed by atoms with E-state index in [2.05, 4.69) is 24.9 Å². The first-order valence-electron chi connectivity index (χ1n) is 9.82. The molecular weight excluding hydrogens is 514 g/mol. The number of hydrogen-bond donors (Lipinski definition) is 2. The molecule has 6 atom stereocenters. The summed E-state index contributed by atoms with van der Waals surface area (Å²) >= 11 is 0. The number of benzene rings is 1. The number of aromatic nitrogens is 1. The van der Waals surface area contributed by atoms with Gasteiger partial charge in [-0.15, -0.1) is 35.9 Å². The van der Waals surface area contributed by atoms with Crippen molar-refractivity contribution in [2.24, 2.45) is 23.7 Å². The Morgan fingerprint density at radius 1 is 0.963 bits per heavy atom. The van der Waals surface area contributed by atoms with E-state index in [4.69, 9.17) is 0 Å². The number of aliphatic hydroxyl groups excluding tert-OH is 2. The quantitative estimate of drug-likeness (QED) is 0.525. The van der Waals surface area contributed by atoms with Crippen LogP contribution in [0.4, 0.5) is 0 Å². The van der Waals surface area contributed by atoms with E-state index in [1.165, 1.54) is 12.8 Å². The summed E-state index contributed by atoms with van der Waals surface area (Å²) in [5, 5.41) is 20.2. The van der Waals surface area contributed by atoms with Crippen LogP contribution in [0, 0.1) is 29.7 Å². The zero-order valence-corrected chi connectivity index (χ0v) is 18.5. The van der Waals surface area contributed by atoms with Gasteiger partial charge in [-0.3, -0.25) is 0 Å². The Hall–Kier alpha value is -1.06. The summed E-state index contributed by atoms with van der Waals surface area (Å²) in [4.78, 5) is 4.22. The molecule has 0 saturated heterocycles. The minimum atomic E-state index is -0.276. The third-order valence-electron chi connectivity index (χ3n) is 6.06. The van der Waals surface area contributed by atoms with Crippen molar-refractivity contribution in [2.45, 2.75) is 51.7 Å². The maximum atomic E-state index is 10.2. The molecule has 2 aromatic rings. The van der Waals surface area contributed by atoms with Crippen LogP contribution in [0.3, 0.4) is 0 Å². The van der Waals surface area contributed by atoms with Crippen LogP contribution in [0.25, 0.3) is 11.3 Å². The van der Waals surface area contributed by atoms with Crippen LogP contribution in [-0.2, 0) is 20.1 Å². The second kappa shape index (κ2) is 10.5. The molecule has 2 aliphatic carbocycles. The molecule has 2 aliphatic rings. The van der Waals surface area contributed by atoms with E-state index in [1.54, 1.807) is 6.20 Å². The maximum absolute atomic E-state index is 10.2. The molecular formula is C23H30IrNO2-. The summed E-state index contributed by atoms with van der Waals surface area (Å²) < 4.78 is 0. The monoisotopic (exact) mass is 545 g/mol. The van der Waals surface area contributed by atoms with Gasteiger partial charge in [0.05, 0.1) is 12.2 Å². The summed E-state index contributed by atoms with van der Waals surface area (Å²) in [5.41, 5.74) is 2.01. The third-order valence-corrected chi connectivity index (χ3v) is 6.06. The van der Waals surface area contributed by atoms with E-state index in [0.29, 0.717) is 17.8 Å². The fraction of sp³-hybridized carbons (Fsp3) is 0.522. The summed E-state index contributed by atoms with van der Waals surface area (Å²) in [6.45, 7) is 4.22. The van der Waals surface area contributed by atoms with Crippen molar-refractivity contribution < 1.29 is 30.3 Å². The van der Waals surface area contributed by atoms with E-state index in [0.717, 1.165) is 24.1 Å². The van der Waals surface area contributed by atoms with E-state index >= 15 is 0 Å². The van der Waals surface area contributed by atoms with E-state index < -0.39 is 0 Å². The number of nitrogens with zero attached hydrogens (tertiary/aromatic N) is 1. The van der Waals surface area contributed by atoms with Crippen LogP contribution >= 0.6 is 0 Å². The number of hydrogen-bond acceptors (Lipinski definition) is 3. The van der Waals surface area contributed by atoms with Gasteiger partial charge < -0.3 is 15.2 Å². The standard InChI is InChI=1S/C12H22O2.C11H8N.Ir/c1-7-4-3-5-9-6-8(2)12(14)10(9)11(7)13;1-2-6-10(7-3-1)11-8-4-5-9-12-11;/h7-14H,3-6H2,1-2H3;1-6,8-9H;/q;-1;/t7-,8+,9?,10?,11?,12?;;/m0../s1. The molecule has 2 fully saturated rings. The van der Waals surface area contributed by atoms with Crippen molar-refractivity contribution in [3.8, 4) is 11.3 Å². The largest absolute Gasteiger partial charge is 0.392 e. The van der Waals surface area contributed by atoms with Crippen molar-refractivity contribution in [3.63, 3.8) is 0 Å². The SMILES string of the molecule is C[C@@H]1CC2CCC[C@H](C)C(O)C2C1O.[Ir].[c-]1ccccc1-c1ccccn1. The van der Waals surface area contributed by atoms with E-state index in [1.807, 2.05) is 42.5 Å². The molecule has 1 aromatic heterocycles. The summed E-state index contributed by atoms with van der Waals surface area (Å²) in [7, 11) is 0. The van der Waals surface area contributed by atoms with Gasteiger partial charge in [0.1, 0.15) is 0 Å². The Kier molecular flexibility index (Phi) is 8.62. The van der Waals surface area contributed by atoms with Crippen LogP contribution in [0.15, 0.2) is 48.7 Å². The second-order valence-corrected chi connectivity index (χ2v) is 7.93. The Labute approximate surface area is 176 Å². The molecule has 0 amide bonds. The summed E-state index contributed by atoms with van der Waals surface area (Å²) in [6, 6.07) is 16.8. The topological polar surface area (TPSA) is 53.4 Å². The summed E-state index contributed by atoms with van der Waals surface area (Å²) in [5.74, 6) is 1.47. The molecule has 27 heavy (non-hydrogen) atoms. The van der Waals surface area contributed by atoms with E-state index in [-0.39, 0.29) is 38.2 Å². The van der Waals surface area contributed by atoms with Gasteiger partial charge in [0.15, 0.2) is 0 Å². The third kappa shape index (κ3) is 5.48.